The highest BCUT2D eigenvalue weighted by atomic mass is 32.2. The Kier molecular flexibility index (Phi) is 7.35. The van der Waals surface area contributed by atoms with E-state index in [-0.39, 0.29) is 11.0 Å². The first-order valence-corrected chi connectivity index (χ1v) is 11.3. The molecule has 1 aliphatic heterocycles. The minimum absolute atomic E-state index is 0.0356. The van der Waals surface area contributed by atoms with Crippen molar-refractivity contribution in [1.29, 1.82) is 0 Å². The van der Waals surface area contributed by atoms with Crippen molar-refractivity contribution in [3.05, 3.63) is 53.7 Å². The number of nitrogens with one attached hydrogen (secondary N) is 2. The van der Waals surface area contributed by atoms with Gasteiger partial charge in [0.2, 0.25) is 15.9 Å². The van der Waals surface area contributed by atoms with Gasteiger partial charge >= 0.3 is 0 Å². The lowest BCUT2D eigenvalue weighted by Gasteiger charge is -2.31. The molecule has 2 N–H and O–H groups in total. The second-order valence-electron chi connectivity index (χ2n) is 7.40. The molecule has 0 saturated carbocycles. The van der Waals surface area contributed by atoms with Crippen LogP contribution in [0, 0.1) is 11.6 Å². The molecule has 1 aliphatic rings. The van der Waals surface area contributed by atoms with Gasteiger partial charge in [-0.15, -0.1) is 0 Å². The van der Waals surface area contributed by atoms with Crippen LogP contribution in [0.1, 0.15) is 25.5 Å². The van der Waals surface area contributed by atoms with Crippen molar-refractivity contribution in [3.8, 4) is 5.88 Å². The van der Waals surface area contributed by atoms with Crippen LogP contribution in [0.4, 0.5) is 8.78 Å². The highest BCUT2D eigenvalue weighted by molar-refractivity contribution is 7.89. The summed E-state index contributed by atoms with van der Waals surface area (Å²) >= 11 is 0. The Hall–Kier alpha value is -2.14. The summed E-state index contributed by atoms with van der Waals surface area (Å²) in [5, 5.41) is 3.23. The molecule has 1 fully saturated rings. The lowest BCUT2D eigenvalue weighted by molar-refractivity contribution is 0.223. The van der Waals surface area contributed by atoms with Crippen molar-refractivity contribution in [3.63, 3.8) is 0 Å². The van der Waals surface area contributed by atoms with Crippen molar-refractivity contribution >= 4 is 10.0 Å². The Morgan fingerprint density at radius 1 is 1.17 bits per heavy atom. The van der Waals surface area contributed by atoms with Crippen molar-refractivity contribution in [2.24, 2.45) is 0 Å². The quantitative estimate of drug-likeness (QED) is 0.654. The number of piperazine rings is 1. The number of benzene rings is 1. The number of hydrogen-bond acceptors (Lipinski definition) is 6. The van der Waals surface area contributed by atoms with Gasteiger partial charge in [0, 0.05) is 38.8 Å². The highest BCUT2D eigenvalue weighted by Crippen LogP contribution is 2.22. The molecule has 7 nitrogen and oxygen atoms in total. The second kappa shape index (κ2) is 9.78. The summed E-state index contributed by atoms with van der Waals surface area (Å²) in [6, 6.07) is 5.56. The standard InChI is InChI=1S/C20H26F2N4O3S/c1-14(2)29-20-6-4-16(12-24-20)30(27,28)25-19(13-26-9-7-23-8-10-26)15-3-5-17(21)18(22)11-15/h3-6,11-12,14,19,23,25H,7-10,13H2,1-2H3/t19-/m0/s1. The van der Waals surface area contributed by atoms with Crippen LogP contribution < -0.4 is 14.8 Å². The average molecular weight is 441 g/mol. The monoisotopic (exact) mass is 440 g/mol. The molecule has 30 heavy (non-hydrogen) atoms. The van der Waals surface area contributed by atoms with Crippen LogP contribution in [0.15, 0.2) is 41.4 Å². The maximum absolute atomic E-state index is 13.8. The number of hydrogen-bond donors (Lipinski definition) is 2. The SMILES string of the molecule is CC(C)Oc1ccc(S(=O)(=O)N[C@@H](CN2CCNCC2)c2ccc(F)c(F)c2)cn1. The number of nitrogens with zero attached hydrogens (tertiary/aromatic N) is 2. The summed E-state index contributed by atoms with van der Waals surface area (Å²) in [5.74, 6) is -1.68. The zero-order chi connectivity index (χ0) is 21.7. The van der Waals surface area contributed by atoms with Crippen LogP contribution in [-0.2, 0) is 10.0 Å². The van der Waals surface area contributed by atoms with Crippen LogP contribution in [0.5, 0.6) is 5.88 Å². The molecular formula is C20H26F2N4O3S. The van der Waals surface area contributed by atoms with Gasteiger partial charge in [-0.25, -0.2) is 26.9 Å². The normalized spacial score (nSPS) is 16.6. The van der Waals surface area contributed by atoms with Gasteiger partial charge in [0.1, 0.15) is 4.90 Å². The number of sulfonamides is 1. The fourth-order valence-corrected chi connectivity index (χ4v) is 4.34. The molecule has 10 heteroatoms. The maximum atomic E-state index is 13.8. The molecule has 0 amide bonds. The van der Waals surface area contributed by atoms with E-state index in [1.165, 1.54) is 24.4 Å². The van der Waals surface area contributed by atoms with E-state index in [4.69, 9.17) is 4.74 Å². The minimum Gasteiger partial charge on any atom is -0.475 e. The van der Waals surface area contributed by atoms with E-state index in [0.29, 0.717) is 18.0 Å². The second-order valence-corrected chi connectivity index (χ2v) is 9.11. The molecule has 0 aliphatic carbocycles. The summed E-state index contributed by atoms with van der Waals surface area (Å²) in [7, 11) is -3.95. The lowest BCUT2D eigenvalue weighted by Crippen LogP contribution is -2.47. The first kappa shape index (κ1) is 22.5. The van der Waals surface area contributed by atoms with Gasteiger partial charge in [-0.2, -0.15) is 0 Å². The van der Waals surface area contributed by atoms with Crippen molar-refractivity contribution < 1.29 is 21.9 Å². The highest BCUT2D eigenvalue weighted by Gasteiger charge is 2.25. The summed E-state index contributed by atoms with van der Waals surface area (Å²) in [6.07, 6.45) is 1.13. The zero-order valence-electron chi connectivity index (χ0n) is 16.9. The Morgan fingerprint density at radius 2 is 1.90 bits per heavy atom. The lowest BCUT2D eigenvalue weighted by atomic mass is 10.1. The van der Waals surface area contributed by atoms with Crippen molar-refractivity contribution in [2.75, 3.05) is 32.7 Å². The molecule has 1 aromatic heterocycles. The predicted octanol–water partition coefficient (Wildman–Crippen LogP) is 2.07. The fourth-order valence-electron chi connectivity index (χ4n) is 3.18. The van der Waals surface area contributed by atoms with Crippen molar-refractivity contribution in [1.82, 2.24) is 19.9 Å². The largest absolute Gasteiger partial charge is 0.475 e. The number of halogens is 2. The van der Waals surface area contributed by atoms with Crippen LogP contribution >= 0.6 is 0 Å². The molecule has 3 rings (SSSR count). The molecule has 0 spiro atoms. The van der Waals surface area contributed by atoms with Gasteiger partial charge in [-0.05, 0) is 37.6 Å². The molecule has 164 valence electrons. The van der Waals surface area contributed by atoms with Crippen LogP contribution in [0.2, 0.25) is 0 Å². The molecule has 1 saturated heterocycles. The summed E-state index contributed by atoms with van der Waals surface area (Å²) in [5.41, 5.74) is 0.351. The Labute approximate surface area is 175 Å². The third-order valence-corrected chi connectivity index (χ3v) is 6.13. The van der Waals surface area contributed by atoms with Gasteiger partial charge in [-0.1, -0.05) is 6.07 Å². The molecule has 0 bridgehead atoms. The van der Waals surface area contributed by atoms with Gasteiger partial charge in [0.25, 0.3) is 0 Å². The predicted molar refractivity (Wildman–Crippen MR) is 109 cm³/mol. The molecule has 2 aromatic rings. The number of rotatable bonds is 8. The fraction of sp³-hybridized carbons (Fsp3) is 0.450. The van der Waals surface area contributed by atoms with Gasteiger partial charge in [0.05, 0.1) is 18.3 Å². The van der Waals surface area contributed by atoms with Gasteiger partial charge in [-0.3, -0.25) is 4.90 Å². The van der Waals surface area contributed by atoms with Crippen molar-refractivity contribution in [2.45, 2.75) is 30.9 Å². The first-order chi connectivity index (χ1) is 14.2. The van der Waals surface area contributed by atoms with Crippen LogP contribution in [-0.4, -0.2) is 57.1 Å². The Balaban J connectivity index is 1.83. The topological polar surface area (TPSA) is 83.6 Å². The number of pyridine rings is 1. The number of ether oxygens (including phenoxy) is 1. The Bertz CT molecular complexity index is 949. The first-order valence-electron chi connectivity index (χ1n) is 9.77. The molecule has 1 atom stereocenters. The zero-order valence-corrected chi connectivity index (χ0v) is 17.8. The van der Waals surface area contributed by atoms with Gasteiger partial charge < -0.3 is 10.1 Å². The maximum Gasteiger partial charge on any atom is 0.242 e. The number of aromatic nitrogens is 1. The molecular weight excluding hydrogens is 414 g/mol. The van der Waals surface area contributed by atoms with Gasteiger partial charge in [0.15, 0.2) is 11.6 Å². The minimum atomic E-state index is -3.95. The van der Waals surface area contributed by atoms with E-state index in [2.05, 4.69) is 19.9 Å². The smallest absolute Gasteiger partial charge is 0.242 e. The van der Waals surface area contributed by atoms with E-state index in [1.807, 2.05) is 13.8 Å². The van der Waals surface area contributed by atoms with E-state index >= 15 is 0 Å². The summed E-state index contributed by atoms with van der Waals surface area (Å²) in [6.45, 7) is 7.02. The molecule has 1 aromatic carbocycles. The van der Waals surface area contributed by atoms with E-state index in [0.717, 1.165) is 38.3 Å². The molecule has 2 heterocycles. The average Bonchev–Trinajstić information content (AvgIpc) is 2.70. The molecule has 0 radical (unpaired) electrons. The van der Waals surface area contributed by atoms with E-state index < -0.39 is 27.7 Å². The van der Waals surface area contributed by atoms with E-state index in [9.17, 15) is 17.2 Å². The Morgan fingerprint density at radius 3 is 2.50 bits per heavy atom. The summed E-state index contributed by atoms with van der Waals surface area (Å²) < 4.78 is 61.2. The van der Waals surface area contributed by atoms with Crippen LogP contribution in [0.25, 0.3) is 0 Å². The molecule has 0 unspecified atom stereocenters. The third-order valence-electron chi connectivity index (χ3n) is 4.67. The van der Waals surface area contributed by atoms with E-state index in [1.54, 1.807) is 0 Å². The van der Waals surface area contributed by atoms with Crippen LogP contribution in [0.3, 0.4) is 0 Å². The third kappa shape index (κ3) is 5.94. The summed E-state index contributed by atoms with van der Waals surface area (Å²) in [4.78, 5) is 6.07.